The Balaban J connectivity index is 0.866. The van der Waals surface area contributed by atoms with Crippen LogP contribution in [0.25, 0.3) is 21.5 Å². The minimum Gasteiger partial charge on any atom is -0.328 e. The average molecular weight is 634 g/mol. The Morgan fingerprint density at radius 1 is 0.511 bits per heavy atom. The number of nitrogens with zero attached hydrogens (tertiary/aromatic N) is 4. The molecule has 4 aromatic rings. The zero-order valence-corrected chi connectivity index (χ0v) is 27.8. The maximum atomic E-state index is 13.2. The molecular formula is C39H45N4O4+. The molecule has 0 saturated carbocycles. The van der Waals surface area contributed by atoms with Crippen molar-refractivity contribution in [2.45, 2.75) is 38.5 Å². The van der Waals surface area contributed by atoms with E-state index in [-0.39, 0.29) is 23.6 Å². The van der Waals surface area contributed by atoms with E-state index in [1.54, 1.807) is 0 Å². The highest BCUT2D eigenvalue weighted by atomic mass is 16.2. The zero-order chi connectivity index (χ0) is 33.1. The molecule has 0 bridgehead atoms. The molecule has 2 aliphatic heterocycles. The summed E-state index contributed by atoms with van der Waals surface area (Å²) >= 11 is 0. The summed E-state index contributed by atoms with van der Waals surface area (Å²) in [5.41, 5.74) is 2.47. The second-order valence-corrected chi connectivity index (χ2v) is 13.7. The summed E-state index contributed by atoms with van der Waals surface area (Å²) in [5, 5.41) is 3.41. The molecule has 47 heavy (non-hydrogen) atoms. The number of unbranched alkanes of at least 4 members (excludes halogenated alkanes) is 3. The molecule has 0 spiro atoms. The lowest BCUT2D eigenvalue weighted by Crippen LogP contribution is -2.45. The molecule has 8 heteroatoms. The molecule has 0 N–H and O–H groups in total. The van der Waals surface area contributed by atoms with Crippen LogP contribution >= 0.6 is 0 Å². The summed E-state index contributed by atoms with van der Waals surface area (Å²) in [7, 11) is 6.55. The summed E-state index contributed by atoms with van der Waals surface area (Å²) in [6, 6.07) is 22.6. The molecule has 0 atom stereocenters. The lowest BCUT2D eigenvalue weighted by atomic mass is 9.94. The largest absolute Gasteiger partial charge is 0.328 e. The molecule has 0 fully saturated rings. The number of imide groups is 2. The second-order valence-electron chi connectivity index (χ2n) is 13.7. The van der Waals surface area contributed by atoms with Gasteiger partial charge < -0.3 is 9.38 Å². The van der Waals surface area contributed by atoms with Crippen molar-refractivity contribution in [1.29, 1.82) is 0 Å². The van der Waals surface area contributed by atoms with E-state index in [0.29, 0.717) is 35.3 Å². The number of carbonyl (C=O) groups excluding carboxylic acids is 4. The minimum absolute atomic E-state index is 0.188. The molecule has 4 aromatic carbocycles. The van der Waals surface area contributed by atoms with Gasteiger partial charge in [-0.15, -0.1) is 0 Å². The van der Waals surface area contributed by atoms with Gasteiger partial charge in [0.2, 0.25) is 0 Å². The normalized spacial score (nSPS) is 14.7. The van der Waals surface area contributed by atoms with E-state index < -0.39 is 0 Å². The number of hydrogen-bond acceptors (Lipinski definition) is 5. The summed E-state index contributed by atoms with van der Waals surface area (Å²) in [6.45, 7) is 4.61. The van der Waals surface area contributed by atoms with Crippen LogP contribution in [-0.2, 0) is 0 Å². The first-order valence-electron chi connectivity index (χ1n) is 16.9. The highest BCUT2D eigenvalue weighted by molar-refractivity contribution is 6.26. The van der Waals surface area contributed by atoms with Crippen molar-refractivity contribution in [2.75, 3.05) is 60.4 Å². The molecule has 0 aromatic heterocycles. The first-order valence-corrected chi connectivity index (χ1v) is 16.9. The van der Waals surface area contributed by atoms with E-state index in [2.05, 4.69) is 26.0 Å². The molecule has 0 saturated heterocycles. The van der Waals surface area contributed by atoms with Gasteiger partial charge in [-0.05, 0) is 80.9 Å². The first kappa shape index (κ1) is 32.5. The zero-order valence-electron chi connectivity index (χ0n) is 27.8. The Kier molecular flexibility index (Phi) is 9.52. The van der Waals surface area contributed by atoms with Crippen molar-refractivity contribution in [3.8, 4) is 0 Å². The van der Waals surface area contributed by atoms with Crippen LogP contribution in [0.1, 0.15) is 80.0 Å². The summed E-state index contributed by atoms with van der Waals surface area (Å²) in [6.07, 6.45) is 6.05. The third-order valence-corrected chi connectivity index (χ3v) is 9.83. The van der Waals surface area contributed by atoms with Gasteiger partial charge in [-0.3, -0.25) is 29.0 Å². The summed E-state index contributed by atoms with van der Waals surface area (Å²) in [5.74, 6) is -0.765. The number of hydrogen-bond donors (Lipinski definition) is 0. The van der Waals surface area contributed by atoms with Crippen LogP contribution in [0.3, 0.4) is 0 Å². The molecule has 0 aliphatic carbocycles. The number of quaternary nitrogens is 1. The standard InChI is InChI=1S/C39H45N4O4/c1-40(23-12-24-41-36(44)30-18-8-14-28-15-9-19-31(34(28)30)37(41)45)22-6-4-5-7-26-43(2,3)27-13-25-42-38(46)32-20-10-16-29-17-11-21-33(35(29)32)39(42)47/h8-11,14-21H,4-7,12-13,22-27H2,1-3H3/q+1. The van der Waals surface area contributed by atoms with Crippen LogP contribution in [0.5, 0.6) is 0 Å². The quantitative estimate of drug-likeness (QED) is 0.0881. The van der Waals surface area contributed by atoms with Crippen LogP contribution < -0.4 is 0 Å². The average Bonchev–Trinajstić information content (AvgIpc) is 3.07. The van der Waals surface area contributed by atoms with Gasteiger partial charge in [0.25, 0.3) is 23.6 Å². The highest BCUT2D eigenvalue weighted by Crippen LogP contribution is 2.31. The van der Waals surface area contributed by atoms with Crippen molar-refractivity contribution < 1.29 is 23.7 Å². The van der Waals surface area contributed by atoms with Gasteiger partial charge in [-0.25, -0.2) is 0 Å². The lowest BCUT2D eigenvalue weighted by molar-refractivity contribution is -0.890. The Labute approximate surface area is 277 Å². The van der Waals surface area contributed by atoms with E-state index in [1.807, 2.05) is 72.8 Å². The lowest BCUT2D eigenvalue weighted by Gasteiger charge is -2.32. The number of benzene rings is 4. The van der Waals surface area contributed by atoms with Crippen LogP contribution in [0.4, 0.5) is 0 Å². The monoisotopic (exact) mass is 633 g/mol. The molecule has 8 nitrogen and oxygen atoms in total. The Hall–Kier alpha value is -4.40. The minimum atomic E-state index is -0.194. The number of rotatable bonds is 15. The van der Waals surface area contributed by atoms with Crippen molar-refractivity contribution in [3.05, 3.63) is 95.1 Å². The fourth-order valence-electron chi connectivity index (χ4n) is 7.22. The first-order chi connectivity index (χ1) is 22.7. The van der Waals surface area contributed by atoms with Crippen molar-refractivity contribution in [3.63, 3.8) is 0 Å². The van der Waals surface area contributed by atoms with E-state index in [4.69, 9.17) is 0 Å². The van der Waals surface area contributed by atoms with E-state index >= 15 is 0 Å². The SMILES string of the molecule is CN(CCCCCC[N+](C)(C)CCCN1C(=O)c2cccc3cccc(c23)C1=O)CCCN1C(=O)c2cccc3cccc(c23)C1=O. The van der Waals surface area contributed by atoms with Gasteiger partial charge in [-0.1, -0.05) is 55.0 Å². The van der Waals surface area contributed by atoms with Crippen LogP contribution in [0, 0.1) is 0 Å². The van der Waals surface area contributed by atoms with Gasteiger partial charge in [0.1, 0.15) is 0 Å². The summed E-state index contributed by atoms with van der Waals surface area (Å²) in [4.78, 5) is 57.7. The van der Waals surface area contributed by atoms with E-state index in [1.165, 1.54) is 9.80 Å². The van der Waals surface area contributed by atoms with E-state index in [0.717, 1.165) is 90.7 Å². The van der Waals surface area contributed by atoms with Gasteiger partial charge in [-0.2, -0.15) is 0 Å². The maximum Gasteiger partial charge on any atom is 0.261 e. The third-order valence-electron chi connectivity index (χ3n) is 9.83. The molecule has 2 heterocycles. The smallest absolute Gasteiger partial charge is 0.261 e. The van der Waals surface area contributed by atoms with Gasteiger partial charge in [0.15, 0.2) is 0 Å². The molecule has 4 amide bonds. The second kappa shape index (κ2) is 13.8. The summed E-state index contributed by atoms with van der Waals surface area (Å²) < 4.78 is 0.856. The van der Waals surface area contributed by atoms with Crippen LogP contribution in [0.15, 0.2) is 72.8 Å². The van der Waals surface area contributed by atoms with Gasteiger partial charge >= 0.3 is 0 Å². The molecule has 244 valence electrons. The predicted molar refractivity (Wildman–Crippen MR) is 186 cm³/mol. The van der Waals surface area contributed by atoms with Crippen LogP contribution in [0.2, 0.25) is 0 Å². The topological polar surface area (TPSA) is 78.0 Å². The fourth-order valence-corrected chi connectivity index (χ4v) is 7.22. The molecule has 6 rings (SSSR count). The van der Waals surface area contributed by atoms with Crippen molar-refractivity contribution in [2.24, 2.45) is 0 Å². The van der Waals surface area contributed by atoms with Gasteiger partial charge in [0, 0.05) is 52.5 Å². The molecule has 2 aliphatic rings. The van der Waals surface area contributed by atoms with E-state index in [9.17, 15) is 19.2 Å². The van der Waals surface area contributed by atoms with Crippen molar-refractivity contribution >= 4 is 45.2 Å². The van der Waals surface area contributed by atoms with Gasteiger partial charge in [0.05, 0.1) is 27.2 Å². The number of carbonyl (C=O) groups is 4. The van der Waals surface area contributed by atoms with Crippen LogP contribution in [-0.4, -0.2) is 103 Å². The Morgan fingerprint density at radius 2 is 0.894 bits per heavy atom. The Bertz CT molecular complexity index is 1750. The highest BCUT2D eigenvalue weighted by Gasteiger charge is 2.33. The molecular weight excluding hydrogens is 588 g/mol. The Morgan fingerprint density at radius 3 is 1.36 bits per heavy atom. The van der Waals surface area contributed by atoms with Crippen molar-refractivity contribution in [1.82, 2.24) is 14.7 Å². The number of amides is 4. The molecule has 0 unspecified atom stereocenters. The third kappa shape index (κ3) is 6.71. The predicted octanol–water partition coefficient (Wildman–Crippen LogP) is 6.23. The molecule has 0 radical (unpaired) electrons. The fraction of sp³-hybridized carbons (Fsp3) is 0.385. The maximum absolute atomic E-state index is 13.2.